The van der Waals surface area contributed by atoms with Crippen LogP contribution in [0.3, 0.4) is 0 Å². The molecule has 0 saturated heterocycles. The minimum Gasteiger partial charge on any atom is -0.481 e. The van der Waals surface area contributed by atoms with Crippen LogP contribution in [0.4, 0.5) is 0 Å². The Morgan fingerprint density at radius 2 is 1.80 bits per heavy atom. The van der Waals surface area contributed by atoms with E-state index in [1.54, 1.807) is 26.3 Å². The van der Waals surface area contributed by atoms with E-state index < -0.39 is 11.4 Å². The third-order valence-corrected chi connectivity index (χ3v) is 12.5. The van der Waals surface area contributed by atoms with Gasteiger partial charge in [0.05, 0.1) is 47.0 Å². The molecule has 3 aromatic heterocycles. The summed E-state index contributed by atoms with van der Waals surface area (Å²) in [6.45, 7) is 2.70. The maximum Gasteiger partial charge on any atom is 0.313 e. The van der Waals surface area contributed by atoms with E-state index in [2.05, 4.69) is 44.4 Å². The number of hydrogen-bond acceptors (Lipinski definition) is 12. The average Bonchev–Trinajstić information content (AvgIpc) is 3.90. The molecule has 1 fully saturated rings. The van der Waals surface area contributed by atoms with E-state index in [9.17, 15) is 20.0 Å². The minimum atomic E-state index is -1.13. The second-order valence-corrected chi connectivity index (χ2v) is 17.0. The van der Waals surface area contributed by atoms with Gasteiger partial charge in [0.1, 0.15) is 24.6 Å². The lowest BCUT2D eigenvalue weighted by Crippen LogP contribution is -2.33. The molecule has 0 radical (unpaired) electrons. The predicted molar refractivity (Wildman–Crippen MR) is 233 cm³/mol. The molecule has 0 unspecified atom stereocenters. The van der Waals surface area contributed by atoms with E-state index in [0.29, 0.717) is 87.6 Å². The number of aliphatic hydroxyl groups excluding tert-OH is 1. The van der Waals surface area contributed by atoms with Gasteiger partial charge in [0.15, 0.2) is 0 Å². The van der Waals surface area contributed by atoms with Crippen molar-refractivity contribution in [2.24, 2.45) is 11.3 Å². The SMILES string of the molecule is COC(=O)[C@@](C)(CO)CCc1cc(Br)c(O[C@H]2CCc3c(-c4cccc(-c5ccc(CNC[C@@H]6CCC(=O)C6)c(OC)n5)c4Cl)cccc32)nc1OCc1cncc(C#N)c1. The van der Waals surface area contributed by atoms with E-state index in [1.807, 2.05) is 42.5 Å². The predicted octanol–water partition coefficient (Wildman–Crippen LogP) is 8.71. The Bertz CT molecular complexity index is 2480. The topological polar surface area (TPSA) is 166 Å². The van der Waals surface area contributed by atoms with Crippen LogP contribution in [-0.4, -0.2) is 59.2 Å². The van der Waals surface area contributed by atoms with Crippen molar-refractivity contribution in [1.82, 2.24) is 20.3 Å². The van der Waals surface area contributed by atoms with Gasteiger partial charge in [0.2, 0.25) is 17.6 Å². The Balaban J connectivity index is 1.12. The number of esters is 1. The number of hydrogen-bond donors (Lipinski definition) is 2. The molecule has 0 aliphatic heterocycles. The Kier molecular flexibility index (Phi) is 14.0. The summed E-state index contributed by atoms with van der Waals surface area (Å²) in [4.78, 5) is 38.1. The number of pyridine rings is 3. The second-order valence-electron chi connectivity index (χ2n) is 15.8. The summed E-state index contributed by atoms with van der Waals surface area (Å²) >= 11 is 10.9. The van der Waals surface area contributed by atoms with Crippen LogP contribution < -0.4 is 19.5 Å². The highest BCUT2D eigenvalue weighted by atomic mass is 79.9. The summed E-state index contributed by atoms with van der Waals surface area (Å²) in [6.07, 6.45) is 7.07. The van der Waals surface area contributed by atoms with E-state index in [-0.39, 0.29) is 31.6 Å². The van der Waals surface area contributed by atoms with Crippen molar-refractivity contribution in [2.45, 2.75) is 71.1 Å². The number of nitrogens with zero attached hydrogens (tertiary/aromatic N) is 4. The fraction of sp³-hybridized carbons (Fsp3) is 0.362. The van der Waals surface area contributed by atoms with Crippen molar-refractivity contribution < 1.29 is 33.6 Å². The van der Waals surface area contributed by atoms with Crippen molar-refractivity contribution in [3.8, 4) is 46.1 Å². The van der Waals surface area contributed by atoms with Crippen molar-refractivity contribution in [2.75, 3.05) is 27.4 Å². The molecule has 1 saturated carbocycles. The highest BCUT2D eigenvalue weighted by Gasteiger charge is 2.34. The molecule has 14 heteroatoms. The molecule has 3 atom stereocenters. The number of nitriles is 1. The molecule has 2 N–H and O–H groups in total. The highest BCUT2D eigenvalue weighted by molar-refractivity contribution is 9.10. The summed E-state index contributed by atoms with van der Waals surface area (Å²) < 4.78 is 24.2. The Hall–Kier alpha value is -5.39. The van der Waals surface area contributed by atoms with Crippen LogP contribution >= 0.6 is 27.5 Å². The first-order valence-electron chi connectivity index (χ1n) is 20.2. The molecule has 2 aliphatic rings. The van der Waals surface area contributed by atoms with E-state index in [0.717, 1.165) is 52.8 Å². The van der Waals surface area contributed by atoms with Crippen LogP contribution in [0.1, 0.15) is 78.5 Å². The van der Waals surface area contributed by atoms with Crippen LogP contribution in [0.25, 0.3) is 22.4 Å². The number of ether oxygens (including phenoxy) is 4. The monoisotopic (exact) mass is 907 g/mol. The van der Waals surface area contributed by atoms with Gasteiger partial charge in [-0.25, -0.2) is 4.98 Å². The number of aliphatic hydroxyl groups is 1. The number of nitrogens with one attached hydrogen (secondary N) is 1. The molecule has 12 nitrogen and oxygen atoms in total. The van der Waals surface area contributed by atoms with Crippen molar-refractivity contribution in [3.05, 3.63) is 116 Å². The highest BCUT2D eigenvalue weighted by Crippen LogP contribution is 2.45. The summed E-state index contributed by atoms with van der Waals surface area (Å²) in [5.41, 5.74) is 7.09. The van der Waals surface area contributed by atoms with E-state index >= 15 is 0 Å². The number of aromatic nitrogens is 3. The first kappa shape index (κ1) is 43.7. The van der Waals surface area contributed by atoms with Crippen molar-refractivity contribution in [3.63, 3.8) is 0 Å². The lowest BCUT2D eigenvalue weighted by atomic mass is 9.85. The number of rotatable bonds is 17. The number of methoxy groups -OCH3 is 2. The third kappa shape index (κ3) is 9.89. The van der Waals surface area contributed by atoms with Gasteiger partial charge >= 0.3 is 5.97 Å². The minimum absolute atomic E-state index is 0.0847. The number of fused-ring (bicyclic) bond motifs is 1. The maximum absolute atomic E-state index is 12.6. The van der Waals surface area contributed by atoms with Gasteiger partial charge in [-0.05, 0) is 102 Å². The number of benzene rings is 2. The summed E-state index contributed by atoms with van der Waals surface area (Å²) in [5, 5.41) is 23.5. The molecule has 2 aliphatic carbocycles. The number of ketones is 1. The number of aryl methyl sites for hydroxylation is 1. The first-order chi connectivity index (χ1) is 29.5. The third-order valence-electron chi connectivity index (χ3n) is 11.5. The molecule has 0 bridgehead atoms. The van der Waals surface area contributed by atoms with Crippen LogP contribution in [0.15, 0.2) is 77.5 Å². The molecule has 3 heterocycles. The zero-order valence-corrected chi connectivity index (χ0v) is 36.6. The zero-order chi connectivity index (χ0) is 43.1. The van der Waals surface area contributed by atoms with Crippen LogP contribution in [0, 0.1) is 22.7 Å². The van der Waals surface area contributed by atoms with Gasteiger partial charge in [-0.1, -0.05) is 54.1 Å². The van der Waals surface area contributed by atoms with Crippen LogP contribution in [0.2, 0.25) is 5.02 Å². The quantitative estimate of drug-likeness (QED) is 0.0854. The van der Waals surface area contributed by atoms with Gasteiger partial charge in [0.25, 0.3) is 0 Å². The van der Waals surface area contributed by atoms with Gasteiger partial charge in [-0.3, -0.25) is 14.6 Å². The molecule has 0 spiro atoms. The van der Waals surface area contributed by atoms with Crippen LogP contribution in [-0.2, 0) is 40.3 Å². The molecule has 5 aromatic rings. The lowest BCUT2D eigenvalue weighted by molar-refractivity contribution is -0.154. The molecular weight excluding hydrogens is 862 g/mol. The Labute approximate surface area is 368 Å². The summed E-state index contributed by atoms with van der Waals surface area (Å²) in [5.74, 6) is 1.34. The second kappa shape index (κ2) is 19.5. The Morgan fingerprint density at radius 1 is 1.00 bits per heavy atom. The number of carbonyl (C=O) groups excluding carboxylic acids is 2. The molecular formula is C47H47BrClN5O7. The standard InChI is InChI=1S/C47H47BrClN5O7/c1-47(27-55,46(57)59-3)17-16-31-20-39(48)45(54-44(31)60-26-30-18-29(21-50)23-51-24-30)61-41-15-13-35-34(6-4-7-36(35)41)37-8-5-9-38(42(37)49)40-14-11-32(43(53-40)58-2)25-52-22-28-10-12-33(56)19-28/h4-9,11,14,18,20,23-24,28,41,52,55H,10,12-13,15-17,19,22,25-27H2,1-3H3/t28-,41+,47-/m1/s1. The number of halogens is 2. The van der Waals surface area contributed by atoms with Gasteiger partial charge in [-0.2, -0.15) is 10.2 Å². The first-order valence-corrected chi connectivity index (χ1v) is 21.4. The fourth-order valence-corrected chi connectivity index (χ4v) is 8.82. The smallest absolute Gasteiger partial charge is 0.313 e. The van der Waals surface area contributed by atoms with Crippen molar-refractivity contribution >= 4 is 39.3 Å². The molecule has 316 valence electrons. The molecule has 0 amide bonds. The summed E-state index contributed by atoms with van der Waals surface area (Å²) in [6, 6.07) is 21.7. The maximum atomic E-state index is 12.6. The average molecular weight is 909 g/mol. The Morgan fingerprint density at radius 3 is 2.56 bits per heavy atom. The molecule has 7 rings (SSSR count). The van der Waals surface area contributed by atoms with Crippen molar-refractivity contribution in [1.29, 1.82) is 5.26 Å². The zero-order valence-electron chi connectivity index (χ0n) is 34.3. The summed E-state index contributed by atoms with van der Waals surface area (Å²) in [7, 11) is 2.91. The van der Waals surface area contributed by atoms with E-state index in [1.165, 1.54) is 13.3 Å². The normalized spacial score (nSPS) is 16.7. The largest absolute Gasteiger partial charge is 0.481 e. The number of carbonyl (C=O) groups is 2. The van der Waals surface area contributed by atoms with Gasteiger partial charge in [-0.15, -0.1) is 0 Å². The van der Waals surface area contributed by atoms with Gasteiger partial charge < -0.3 is 29.4 Å². The number of Topliss-reactive ketones (excluding diaryl/α,β-unsaturated/α-hetero) is 1. The lowest BCUT2D eigenvalue weighted by Gasteiger charge is -2.24. The van der Waals surface area contributed by atoms with Crippen LogP contribution in [0.5, 0.6) is 17.6 Å². The fourth-order valence-electron chi connectivity index (χ4n) is 8.03. The van der Waals surface area contributed by atoms with E-state index in [4.69, 9.17) is 40.5 Å². The van der Waals surface area contributed by atoms with Gasteiger partial charge in [0, 0.05) is 59.6 Å². The molecule has 61 heavy (non-hydrogen) atoms. The molecule has 2 aromatic carbocycles.